The van der Waals surface area contributed by atoms with E-state index in [2.05, 4.69) is 10.2 Å². The van der Waals surface area contributed by atoms with Gasteiger partial charge >= 0.3 is 0 Å². The Balaban J connectivity index is 1.98. The Morgan fingerprint density at radius 1 is 1.30 bits per heavy atom. The predicted molar refractivity (Wildman–Crippen MR) is 79.4 cm³/mol. The van der Waals surface area contributed by atoms with Crippen LogP contribution in [-0.2, 0) is 27.4 Å². The van der Waals surface area contributed by atoms with Crippen LogP contribution in [0, 0.1) is 0 Å². The molecule has 1 aliphatic heterocycles. The van der Waals surface area contributed by atoms with E-state index in [0.717, 1.165) is 50.2 Å². The molecule has 1 fully saturated rings. The third-order valence-electron chi connectivity index (χ3n) is 3.10. The molecule has 0 spiro atoms. The Morgan fingerprint density at radius 2 is 2.10 bits per heavy atom. The van der Waals surface area contributed by atoms with Crippen molar-refractivity contribution in [2.45, 2.75) is 13.2 Å². The highest BCUT2D eigenvalue weighted by atomic mass is 32.1. The number of anilines is 1. The van der Waals surface area contributed by atoms with Crippen LogP contribution >= 0.6 is 11.3 Å². The van der Waals surface area contributed by atoms with Gasteiger partial charge in [-0.05, 0) is 0 Å². The lowest BCUT2D eigenvalue weighted by atomic mass is 10.3. The molecule has 6 nitrogen and oxygen atoms in total. The number of nitrogens with zero attached hydrogens (tertiary/aromatic N) is 2. The van der Waals surface area contributed by atoms with E-state index in [-0.39, 0.29) is 0 Å². The molecule has 0 radical (unpaired) electrons. The van der Waals surface area contributed by atoms with E-state index in [4.69, 9.17) is 19.2 Å². The van der Waals surface area contributed by atoms with E-state index >= 15 is 0 Å². The van der Waals surface area contributed by atoms with E-state index in [0.29, 0.717) is 13.2 Å². The summed E-state index contributed by atoms with van der Waals surface area (Å²) in [6.45, 7) is 6.31. The lowest BCUT2D eigenvalue weighted by molar-refractivity contribution is 0.122. The van der Waals surface area contributed by atoms with Gasteiger partial charge in [0.1, 0.15) is 0 Å². The summed E-state index contributed by atoms with van der Waals surface area (Å²) < 4.78 is 15.7. The van der Waals surface area contributed by atoms with Crippen molar-refractivity contribution in [3.63, 3.8) is 0 Å². The first-order chi connectivity index (χ1) is 9.85. The van der Waals surface area contributed by atoms with Crippen LogP contribution in [0.25, 0.3) is 0 Å². The van der Waals surface area contributed by atoms with Gasteiger partial charge in [0.2, 0.25) is 0 Å². The van der Waals surface area contributed by atoms with Crippen molar-refractivity contribution in [3.05, 3.63) is 10.6 Å². The van der Waals surface area contributed by atoms with Crippen LogP contribution in [0.15, 0.2) is 0 Å². The van der Waals surface area contributed by atoms with Crippen LogP contribution in [-0.4, -0.2) is 58.7 Å². The topological polar surface area (TPSA) is 55.9 Å². The maximum atomic E-state index is 5.38. The molecule has 0 saturated carbocycles. The monoisotopic (exact) mass is 301 g/mol. The van der Waals surface area contributed by atoms with Gasteiger partial charge in [-0.15, -0.1) is 11.3 Å². The van der Waals surface area contributed by atoms with Gasteiger partial charge in [-0.25, -0.2) is 4.98 Å². The van der Waals surface area contributed by atoms with Crippen molar-refractivity contribution in [1.82, 2.24) is 10.3 Å². The SMILES string of the molecule is COCCNCc1sc(N2CCOCC2)nc1COC. The Labute approximate surface area is 124 Å². The molecule has 0 unspecified atom stereocenters. The summed E-state index contributed by atoms with van der Waals surface area (Å²) in [5.41, 5.74) is 1.03. The van der Waals surface area contributed by atoms with E-state index < -0.39 is 0 Å². The number of thiazole rings is 1. The molecule has 2 rings (SSSR count). The largest absolute Gasteiger partial charge is 0.383 e. The van der Waals surface area contributed by atoms with Crippen molar-refractivity contribution >= 4 is 16.5 Å². The predicted octanol–water partition coefficient (Wildman–Crippen LogP) is 0.862. The third kappa shape index (κ3) is 4.39. The number of ether oxygens (including phenoxy) is 3. The zero-order chi connectivity index (χ0) is 14.2. The number of morpholine rings is 1. The minimum Gasteiger partial charge on any atom is -0.383 e. The molecule has 20 heavy (non-hydrogen) atoms. The van der Waals surface area contributed by atoms with Crippen LogP contribution in [0.2, 0.25) is 0 Å². The zero-order valence-electron chi connectivity index (χ0n) is 12.2. The second-order valence-corrected chi connectivity index (χ2v) is 5.63. The molecule has 2 heterocycles. The average Bonchev–Trinajstić information content (AvgIpc) is 2.88. The summed E-state index contributed by atoms with van der Waals surface area (Å²) in [4.78, 5) is 8.24. The van der Waals surface area contributed by atoms with E-state index in [9.17, 15) is 0 Å². The zero-order valence-corrected chi connectivity index (χ0v) is 13.0. The highest BCUT2D eigenvalue weighted by Gasteiger charge is 2.18. The van der Waals surface area contributed by atoms with Gasteiger partial charge in [-0.2, -0.15) is 0 Å². The van der Waals surface area contributed by atoms with Crippen molar-refractivity contribution in [2.24, 2.45) is 0 Å². The quantitative estimate of drug-likeness (QED) is 0.719. The maximum absolute atomic E-state index is 5.38. The van der Waals surface area contributed by atoms with Crippen molar-refractivity contribution in [2.75, 3.05) is 58.6 Å². The normalized spacial score (nSPS) is 15.8. The molecule has 0 bridgehead atoms. The lowest BCUT2D eigenvalue weighted by Crippen LogP contribution is -2.36. The molecule has 0 aliphatic carbocycles. The Hall–Kier alpha value is -0.730. The molecule has 0 amide bonds. The minimum absolute atomic E-state index is 0.558. The molecular formula is C13H23N3O3S. The molecule has 1 aromatic heterocycles. The number of aromatic nitrogens is 1. The number of methoxy groups -OCH3 is 2. The second-order valence-electron chi connectivity index (χ2n) is 4.57. The summed E-state index contributed by atoms with van der Waals surface area (Å²) in [5, 5.41) is 4.44. The fourth-order valence-electron chi connectivity index (χ4n) is 2.02. The number of rotatable bonds is 8. The summed E-state index contributed by atoms with van der Waals surface area (Å²) in [6, 6.07) is 0. The van der Waals surface area contributed by atoms with Gasteiger partial charge in [-0.3, -0.25) is 0 Å². The van der Waals surface area contributed by atoms with Gasteiger partial charge < -0.3 is 24.4 Å². The maximum Gasteiger partial charge on any atom is 0.186 e. The third-order valence-corrected chi connectivity index (χ3v) is 4.26. The molecule has 114 valence electrons. The lowest BCUT2D eigenvalue weighted by Gasteiger charge is -2.26. The molecule has 1 saturated heterocycles. The molecule has 0 aromatic carbocycles. The van der Waals surface area contributed by atoms with Crippen LogP contribution in [0.1, 0.15) is 10.6 Å². The van der Waals surface area contributed by atoms with E-state index in [1.54, 1.807) is 25.6 Å². The van der Waals surface area contributed by atoms with Gasteiger partial charge in [-0.1, -0.05) is 0 Å². The van der Waals surface area contributed by atoms with Crippen molar-refractivity contribution < 1.29 is 14.2 Å². The highest BCUT2D eigenvalue weighted by Crippen LogP contribution is 2.27. The fraction of sp³-hybridized carbons (Fsp3) is 0.769. The highest BCUT2D eigenvalue weighted by molar-refractivity contribution is 7.15. The van der Waals surface area contributed by atoms with Gasteiger partial charge in [0.25, 0.3) is 0 Å². The molecule has 1 aliphatic rings. The Bertz CT molecular complexity index is 394. The molecule has 1 aromatic rings. The van der Waals surface area contributed by atoms with Gasteiger partial charge in [0, 0.05) is 45.3 Å². The van der Waals surface area contributed by atoms with Crippen molar-refractivity contribution in [1.29, 1.82) is 0 Å². The molecule has 0 atom stereocenters. The Morgan fingerprint density at radius 3 is 2.80 bits per heavy atom. The number of hydrogen-bond acceptors (Lipinski definition) is 7. The summed E-state index contributed by atoms with van der Waals surface area (Å²) in [5.74, 6) is 0. The Kier molecular flexibility index (Phi) is 6.68. The summed E-state index contributed by atoms with van der Waals surface area (Å²) >= 11 is 1.74. The fourth-order valence-corrected chi connectivity index (χ4v) is 3.11. The van der Waals surface area contributed by atoms with E-state index in [1.165, 1.54) is 4.88 Å². The van der Waals surface area contributed by atoms with Crippen LogP contribution in [0.5, 0.6) is 0 Å². The van der Waals surface area contributed by atoms with Gasteiger partial charge in [0.05, 0.1) is 32.1 Å². The first-order valence-electron chi connectivity index (χ1n) is 6.85. The molecular weight excluding hydrogens is 278 g/mol. The molecule has 1 N–H and O–H groups in total. The second kappa shape index (κ2) is 8.53. The van der Waals surface area contributed by atoms with Crippen LogP contribution < -0.4 is 10.2 Å². The number of nitrogens with one attached hydrogen (secondary N) is 1. The first kappa shape index (κ1) is 15.7. The smallest absolute Gasteiger partial charge is 0.186 e. The number of hydrogen-bond donors (Lipinski definition) is 1. The summed E-state index contributed by atoms with van der Waals surface area (Å²) in [7, 11) is 3.41. The summed E-state index contributed by atoms with van der Waals surface area (Å²) in [6.07, 6.45) is 0. The van der Waals surface area contributed by atoms with Crippen LogP contribution in [0.3, 0.4) is 0 Å². The van der Waals surface area contributed by atoms with E-state index in [1.807, 2.05) is 0 Å². The van der Waals surface area contributed by atoms with Crippen LogP contribution in [0.4, 0.5) is 5.13 Å². The molecule has 7 heteroatoms. The van der Waals surface area contributed by atoms with Crippen molar-refractivity contribution in [3.8, 4) is 0 Å². The van der Waals surface area contributed by atoms with Gasteiger partial charge in [0.15, 0.2) is 5.13 Å². The standard InChI is InChI=1S/C13H23N3O3S/c1-17-6-3-14-9-12-11(10-18-2)15-13(20-12)16-4-7-19-8-5-16/h14H,3-10H2,1-2H3. The minimum atomic E-state index is 0.558. The average molecular weight is 301 g/mol. The first-order valence-corrected chi connectivity index (χ1v) is 7.66.